The van der Waals surface area contributed by atoms with Gasteiger partial charge in [0.05, 0.1) is 11.0 Å². The summed E-state index contributed by atoms with van der Waals surface area (Å²) in [5, 5.41) is 21.2. The fourth-order valence-electron chi connectivity index (χ4n) is 1.98. The van der Waals surface area contributed by atoms with E-state index in [1.54, 1.807) is 0 Å². The van der Waals surface area contributed by atoms with Gasteiger partial charge in [0, 0.05) is 28.6 Å². The minimum Gasteiger partial charge on any atom is -0.388 e. The van der Waals surface area contributed by atoms with Gasteiger partial charge in [-0.15, -0.1) is 0 Å². The average molecular weight is 286 g/mol. The maximum Gasteiger partial charge on any atom is 0.269 e. The number of rotatable bonds is 6. The molecule has 0 unspecified atom stereocenters. The first-order chi connectivity index (χ1) is 8.88. The quantitative estimate of drug-likeness (QED) is 0.642. The van der Waals surface area contributed by atoms with Crippen molar-refractivity contribution in [3.8, 4) is 0 Å². The summed E-state index contributed by atoms with van der Waals surface area (Å²) in [7, 11) is 0. The van der Waals surface area contributed by atoms with Crippen molar-refractivity contribution in [3.63, 3.8) is 0 Å². The molecular formula is C13H16ClNO4. The molecule has 1 rings (SSSR count). The molecule has 2 atom stereocenters. The molecule has 0 saturated carbocycles. The standard InChI is InChI=1S/C13H16ClNO4/c1-3-4-10(8(2)16)13(17)11-7-9(15(18)19)5-6-12(11)14/h5-7,10,13,17H,3-4H2,1-2H3/t10-,13+/m1/s1. The minimum absolute atomic E-state index is 0.155. The normalized spacial score (nSPS) is 13.9. The van der Waals surface area contributed by atoms with E-state index in [1.807, 2.05) is 6.92 Å². The molecule has 0 aliphatic rings. The lowest BCUT2D eigenvalue weighted by Crippen LogP contribution is -2.20. The number of carbonyl (C=O) groups excluding carboxylic acids is 1. The first-order valence-electron chi connectivity index (χ1n) is 6.00. The van der Waals surface area contributed by atoms with Crippen molar-refractivity contribution in [1.29, 1.82) is 0 Å². The predicted octanol–water partition coefficient (Wildman–Crippen LogP) is 3.29. The molecule has 0 saturated heterocycles. The summed E-state index contributed by atoms with van der Waals surface area (Å²) >= 11 is 5.95. The number of Topliss-reactive ketones (excluding diaryl/α,β-unsaturated/α-hetero) is 1. The Balaban J connectivity index is 3.15. The van der Waals surface area contributed by atoms with Crippen molar-refractivity contribution in [2.24, 2.45) is 5.92 Å². The van der Waals surface area contributed by atoms with Crippen LogP contribution in [-0.4, -0.2) is 15.8 Å². The molecule has 6 heteroatoms. The van der Waals surface area contributed by atoms with Crippen LogP contribution in [0.25, 0.3) is 0 Å². The number of nitro benzene ring substituents is 1. The Bertz CT molecular complexity index is 490. The molecule has 0 radical (unpaired) electrons. The van der Waals surface area contributed by atoms with Gasteiger partial charge in [0.2, 0.25) is 0 Å². The summed E-state index contributed by atoms with van der Waals surface area (Å²) in [5.41, 5.74) is 0.0711. The Morgan fingerprint density at radius 2 is 2.16 bits per heavy atom. The Hall–Kier alpha value is -1.46. The van der Waals surface area contributed by atoms with Crippen molar-refractivity contribution in [2.75, 3.05) is 0 Å². The maximum absolute atomic E-state index is 11.5. The number of aliphatic hydroxyl groups is 1. The molecule has 1 N–H and O–H groups in total. The van der Waals surface area contributed by atoms with Gasteiger partial charge >= 0.3 is 0 Å². The largest absolute Gasteiger partial charge is 0.388 e. The van der Waals surface area contributed by atoms with Gasteiger partial charge in [0.25, 0.3) is 5.69 Å². The minimum atomic E-state index is -1.12. The molecular weight excluding hydrogens is 270 g/mol. The van der Waals surface area contributed by atoms with Crippen LogP contribution in [0.1, 0.15) is 38.4 Å². The second-order valence-corrected chi connectivity index (χ2v) is 4.82. The van der Waals surface area contributed by atoms with Crippen molar-refractivity contribution >= 4 is 23.1 Å². The smallest absolute Gasteiger partial charge is 0.269 e. The van der Waals surface area contributed by atoms with Gasteiger partial charge in [-0.25, -0.2) is 0 Å². The predicted molar refractivity (Wildman–Crippen MR) is 72.1 cm³/mol. The lowest BCUT2D eigenvalue weighted by atomic mass is 9.89. The number of hydrogen-bond donors (Lipinski definition) is 1. The second kappa shape index (κ2) is 6.63. The van der Waals surface area contributed by atoms with E-state index < -0.39 is 16.9 Å². The lowest BCUT2D eigenvalue weighted by molar-refractivity contribution is -0.385. The van der Waals surface area contributed by atoms with Crippen LogP contribution in [0.3, 0.4) is 0 Å². The van der Waals surface area contributed by atoms with E-state index in [2.05, 4.69) is 0 Å². The zero-order chi connectivity index (χ0) is 14.6. The Morgan fingerprint density at radius 1 is 1.53 bits per heavy atom. The van der Waals surface area contributed by atoms with Gasteiger partial charge in [-0.1, -0.05) is 24.9 Å². The van der Waals surface area contributed by atoms with Gasteiger partial charge in [0.15, 0.2) is 0 Å². The van der Waals surface area contributed by atoms with E-state index in [9.17, 15) is 20.0 Å². The van der Waals surface area contributed by atoms with Crippen LogP contribution >= 0.6 is 11.6 Å². The van der Waals surface area contributed by atoms with Crippen LogP contribution in [-0.2, 0) is 4.79 Å². The number of carbonyl (C=O) groups is 1. The highest BCUT2D eigenvalue weighted by Crippen LogP contribution is 2.33. The third-order valence-electron chi connectivity index (χ3n) is 3.01. The maximum atomic E-state index is 11.5. The van der Waals surface area contributed by atoms with Crippen molar-refractivity contribution in [3.05, 3.63) is 38.9 Å². The number of nitrogens with zero attached hydrogens (tertiary/aromatic N) is 1. The van der Waals surface area contributed by atoms with Gasteiger partial charge < -0.3 is 5.11 Å². The zero-order valence-electron chi connectivity index (χ0n) is 10.8. The third kappa shape index (κ3) is 3.75. The summed E-state index contributed by atoms with van der Waals surface area (Å²) in [4.78, 5) is 21.7. The highest BCUT2D eigenvalue weighted by molar-refractivity contribution is 6.31. The third-order valence-corrected chi connectivity index (χ3v) is 3.36. The fraction of sp³-hybridized carbons (Fsp3) is 0.462. The van der Waals surface area contributed by atoms with Crippen molar-refractivity contribution < 1.29 is 14.8 Å². The summed E-state index contributed by atoms with van der Waals surface area (Å²) in [6.07, 6.45) is 0.119. The molecule has 0 heterocycles. The molecule has 0 bridgehead atoms. The molecule has 0 aliphatic carbocycles. The van der Waals surface area contributed by atoms with Crippen molar-refractivity contribution in [1.82, 2.24) is 0 Å². The molecule has 1 aromatic carbocycles. The number of halogens is 1. The van der Waals surface area contributed by atoms with Gasteiger partial charge in [-0.3, -0.25) is 14.9 Å². The Kier molecular flexibility index (Phi) is 5.44. The summed E-state index contributed by atoms with van der Waals surface area (Å²) in [6, 6.07) is 3.85. The van der Waals surface area contributed by atoms with E-state index >= 15 is 0 Å². The molecule has 19 heavy (non-hydrogen) atoms. The number of ketones is 1. The van der Waals surface area contributed by atoms with Crippen LogP contribution in [0.2, 0.25) is 5.02 Å². The van der Waals surface area contributed by atoms with Gasteiger partial charge in [-0.05, 0) is 19.4 Å². The molecule has 104 valence electrons. The summed E-state index contributed by atoms with van der Waals surface area (Å²) in [5.74, 6) is -0.749. The first-order valence-corrected chi connectivity index (χ1v) is 6.38. The van der Waals surface area contributed by atoms with Gasteiger partial charge in [0.1, 0.15) is 5.78 Å². The van der Waals surface area contributed by atoms with E-state index in [0.29, 0.717) is 6.42 Å². The molecule has 0 aliphatic heterocycles. The Morgan fingerprint density at radius 3 is 2.63 bits per heavy atom. The lowest BCUT2D eigenvalue weighted by Gasteiger charge is -2.21. The van der Waals surface area contributed by atoms with Crippen molar-refractivity contribution in [2.45, 2.75) is 32.8 Å². The molecule has 1 aromatic rings. The van der Waals surface area contributed by atoms with E-state index in [4.69, 9.17) is 11.6 Å². The van der Waals surface area contributed by atoms with E-state index in [0.717, 1.165) is 6.42 Å². The molecule has 5 nitrogen and oxygen atoms in total. The SMILES string of the molecule is CCC[C@H](C(C)=O)[C@H](O)c1cc([N+](=O)[O-])ccc1Cl. The second-order valence-electron chi connectivity index (χ2n) is 4.41. The van der Waals surface area contributed by atoms with Gasteiger partial charge in [-0.2, -0.15) is 0 Å². The first kappa shape index (κ1) is 15.6. The number of aliphatic hydroxyl groups excluding tert-OH is 1. The van der Waals surface area contributed by atoms with Crippen LogP contribution in [0.4, 0.5) is 5.69 Å². The fourth-order valence-corrected chi connectivity index (χ4v) is 2.21. The average Bonchev–Trinajstić information content (AvgIpc) is 2.35. The van der Waals surface area contributed by atoms with Crippen LogP contribution in [0, 0.1) is 16.0 Å². The summed E-state index contributed by atoms with van der Waals surface area (Å²) in [6.45, 7) is 3.30. The topological polar surface area (TPSA) is 80.4 Å². The van der Waals surface area contributed by atoms with E-state index in [1.165, 1.54) is 25.1 Å². The Labute approximate surface area is 116 Å². The number of benzene rings is 1. The molecule has 0 aromatic heterocycles. The number of non-ortho nitro benzene ring substituents is 1. The zero-order valence-corrected chi connectivity index (χ0v) is 11.6. The molecule has 0 spiro atoms. The van der Waals surface area contributed by atoms with E-state index in [-0.39, 0.29) is 22.1 Å². The monoisotopic (exact) mass is 285 g/mol. The molecule has 0 fully saturated rings. The molecule has 0 amide bonds. The number of nitro groups is 1. The van der Waals surface area contributed by atoms with Crippen LogP contribution < -0.4 is 0 Å². The van der Waals surface area contributed by atoms with Crippen LogP contribution in [0.15, 0.2) is 18.2 Å². The highest BCUT2D eigenvalue weighted by atomic mass is 35.5. The highest BCUT2D eigenvalue weighted by Gasteiger charge is 2.27. The number of hydrogen-bond acceptors (Lipinski definition) is 4. The van der Waals surface area contributed by atoms with Crippen LogP contribution in [0.5, 0.6) is 0 Å². The summed E-state index contributed by atoms with van der Waals surface area (Å²) < 4.78 is 0.